The molecule has 0 aliphatic carbocycles. The molecule has 0 saturated heterocycles. The average Bonchev–Trinajstić information content (AvgIpc) is 2.61. The van der Waals surface area contributed by atoms with Gasteiger partial charge in [0.05, 0.1) is 5.56 Å². The van der Waals surface area contributed by atoms with Gasteiger partial charge < -0.3 is 10.0 Å². The van der Waals surface area contributed by atoms with Gasteiger partial charge >= 0.3 is 0 Å². The Labute approximate surface area is 145 Å². The highest BCUT2D eigenvalue weighted by Gasteiger charge is 2.18. The molecule has 0 saturated carbocycles. The Bertz CT molecular complexity index is 863. The van der Waals surface area contributed by atoms with Crippen LogP contribution >= 0.6 is 0 Å². The second-order valence-corrected chi connectivity index (χ2v) is 5.75. The summed E-state index contributed by atoms with van der Waals surface area (Å²) in [7, 11) is 0. The van der Waals surface area contributed by atoms with Crippen molar-refractivity contribution in [3.8, 4) is 5.88 Å². The van der Waals surface area contributed by atoms with Crippen LogP contribution in [0.1, 0.15) is 21.5 Å². The van der Waals surface area contributed by atoms with Crippen molar-refractivity contribution in [1.29, 1.82) is 0 Å². The Kier molecular flexibility index (Phi) is 4.95. The third-order valence-electron chi connectivity index (χ3n) is 3.80. The Balaban J connectivity index is 1.91. The molecule has 0 spiro atoms. The molecule has 0 atom stereocenters. The fraction of sp³-hybridized carbons (Fsp3) is 0.100. The summed E-state index contributed by atoms with van der Waals surface area (Å²) in [5, 5.41) is 9.58. The molecule has 0 aliphatic rings. The average molecular weight is 334 g/mol. The number of hydrogen-bond donors (Lipinski definition) is 2. The molecule has 0 radical (unpaired) electrons. The summed E-state index contributed by atoms with van der Waals surface area (Å²) in [5.41, 5.74) is 1.62. The predicted octanol–water partition coefficient (Wildman–Crippen LogP) is 2.92. The number of nitrogens with zero attached hydrogens (tertiary/aromatic N) is 1. The predicted molar refractivity (Wildman–Crippen MR) is 95.2 cm³/mol. The van der Waals surface area contributed by atoms with Gasteiger partial charge in [-0.05, 0) is 11.1 Å². The van der Waals surface area contributed by atoms with Gasteiger partial charge in [0.2, 0.25) is 0 Å². The number of carbonyl (C=O) groups excluding carboxylic acids is 1. The molecule has 0 bridgehead atoms. The Hall–Kier alpha value is -3.34. The highest BCUT2D eigenvalue weighted by atomic mass is 16.3. The third kappa shape index (κ3) is 4.35. The summed E-state index contributed by atoms with van der Waals surface area (Å²) in [6, 6.07) is 21.8. The number of nitrogens with one attached hydrogen (secondary N) is 1. The van der Waals surface area contributed by atoms with Crippen LogP contribution in [0.5, 0.6) is 5.88 Å². The zero-order valence-corrected chi connectivity index (χ0v) is 13.6. The summed E-state index contributed by atoms with van der Waals surface area (Å²) in [4.78, 5) is 28.4. The molecule has 0 unspecified atom stereocenters. The van der Waals surface area contributed by atoms with E-state index < -0.39 is 5.56 Å². The van der Waals surface area contributed by atoms with Gasteiger partial charge in [0.15, 0.2) is 5.88 Å². The van der Waals surface area contributed by atoms with E-state index in [0.717, 1.165) is 11.1 Å². The molecule has 3 aromatic rings. The number of hydrogen-bond acceptors (Lipinski definition) is 3. The molecular weight excluding hydrogens is 316 g/mol. The summed E-state index contributed by atoms with van der Waals surface area (Å²) in [6.45, 7) is 0.810. The van der Waals surface area contributed by atoms with Crippen molar-refractivity contribution in [3.63, 3.8) is 0 Å². The fourth-order valence-corrected chi connectivity index (χ4v) is 2.64. The van der Waals surface area contributed by atoms with Gasteiger partial charge in [-0.2, -0.15) is 0 Å². The van der Waals surface area contributed by atoms with Gasteiger partial charge in [0.1, 0.15) is 0 Å². The quantitative estimate of drug-likeness (QED) is 0.753. The molecule has 2 aromatic carbocycles. The van der Waals surface area contributed by atoms with E-state index in [-0.39, 0.29) is 17.4 Å². The van der Waals surface area contributed by atoms with E-state index in [1.54, 1.807) is 4.90 Å². The van der Waals surface area contributed by atoms with Crippen molar-refractivity contribution >= 4 is 5.91 Å². The normalized spacial score (nSPS) is 10.4. The minimum absolute atomic E-state index is 0.160. The highest BCUT2D eigenvalue weighted by molar-refractivity contribution is 5.94. The molecule has 3 rings (SSSR count). The minimum atomic E-state index is -0.511. The molecule has 2 N–H and O–H groups in total. The van der Waals surface area contributed by atoms with Gasteiger partial charge in [0, 0.05) is 25.2 Å². The van der Waals surface area contributed by atoms with Crippen LogP contribution in [-0.4, -0.2) is 20.9 Å². The van der Waals surface area contributed by atoms with Gasteiger partial charge in [-0.15, -0.1) is 0 Å². The largest absolute Gasteiger partial charge is 0.494 e. The maximum atomic E-state index is 12.9. The summed E-state index contributed by atoms with van der Waals surface area (Å²) >= 11 is 0. The van der Waals surface area contributed by atoms with Crippen molar-refractivity contribution in [2.24, 2.45) is 0 Å². The van der Waals surface area contributed by atoms with Crippen LogP contribution < -0.4 is 5.56 Å². The van der Waals surface area contributed by atoms with E-state index in [0.29, 0.717) is 13.1 Å². The van der Waals surface area contributed by atoms with Crippen LogP contribution in [0.15, 0.2) is 77.6 Å². The van der Waals surface area contributed by atoms with Crippen LogP contribution in [0.2, 0.25) is 0 Å². The molecular formula is C20H18N2O3. The van der Waals surface area contributed by atoms with Crippen LogP contribution in [0.25, 0.3) is 0 Å². The van der Waals surface area contributed by atoms with Crippen LogP contribution in [0, 0.1) is 0 Å². The summed E-state index contributed by atoms with van der Waals surface area (Å²) in [5.74, 6) is -0.635. The number of pyridine rings is 1. The van der Waals surface area contributed by atoms with E-state index in [1.807, 2.05) is 60.7 Å². The first-order chi connectivity index (χ1) is 12.1. The second-order valence-electron chi connectivity index (χ2n) is 5.75. The Morgan fingerprint density at radius 1 is 0.880 bits per heavy atom. The van der Waals surface area contributed by atoms with E-state index in [1.165, 1.54) is 12.1 Å². The molecule has 5 heteroatoms. The maximum Gasteiger partial charge on any atom is 0.254 e. The number of aromatic hydroxyl groups is 1. The van der Waals surface area contributed by atoms with Crippen molar-refractivity contribution < 1.29 is 9.90 Å². The first kappa shape index (κ1) is 16.5. The van der Waals surface area contributed by atoms with Crippen LogP contribution in [0.3, 0.4) is 0 Å². The SMILES string of the molecule is O=C(c1cc(O)[nH]c(=O)c1)N(Cc1ccccc1)Cc1ccccc1. The van der Waals surface area contributed by atoms with Gasteiger partial charge in [-0.3, -0.25) is 14.6 Å². The van der Waals surface area contributed by atoms with Crippen molar-refractivity contribution in [3.05, 3.63) is 99.8 Å². The molecule has 0 fully saturated rings. The maximum absolute atomic E-state index is 12.9. The van der Waals surface area contributed by atoms with Crippen molar-refractivity contribution in [2.45, 2.75) is 13.1 Å². The fourth-order valence-electron chi connectivity index (χ4n) is 2.64. The van der Waals surface area contributed by atoms with E-state index in [2.05, 4.69) is 4.98 Å². The monoisotopic (exact) mass is 334 g/mol. The molecule has 1 heterocycles. The number of amides is 1. The Morgan fingerprint density at radius 3 is 1.88 bits per heavy atom. The minimum Gasteiger partial charge on any atom is -0.494 e. The lowest BCUT2D eigenvalue weighted by Gasteiger charge is -2.23. The second kappa shape index (κ2) is 7.49. The number of aromatic nitrogens is 1. The number of carbonyl (C=O) groups is 1. The third-order valence-corrected chi connectivity index (χ3v) is 3.80. The number of rotatable bonds is 5. The van der Waals surface area contributed by atoms with Crippen molar-refractivity contribution in [1.82, 2.24) is 9.88 Å². The first-order valence-corrected chi connectivity index (χ1v) is 7.92. The van der Waals surface area contributed by atoms with E-state index in [4.69, 9.17) is 0 Å². The van der Waals surface area contributed by atoms with E-state index in [9.17, 15) is 14.7 Å². The van der Waals surface area contributed by atoms with Gasteiger partial charge in [0.25, 0.3) is 11.5 Å². The number of benzene rings is 2. The summed E-state index contributed by atoms with van der Waals surface area (Å²) in [6.07, 6.45) is 0. The van der Waals surface area contributed by atoms with Gasteiger partial charge in [-0.25, -0.2) is 0 Å². The topological polar surface area (TPSA) is 73.4 Å². The molecule has 1 amide bonds. The lowest BCUT2D eigenvalue weighted by molar-refractivity contribution is 0.0729. The molecule has 0 aliphatic heterocycles. The molecule has 1 aromatic heterocycles. The molecule has 25 heavy (non-hydrogen) atoms. The Morgan fingerprint density at radius 2 is 1.40 bits per heavy atom. The standard InChI is InChI=1S/C20H18N2O3/c23-18-11-17(12-19(24)21-18)20(25)22(13-15-7-3-1-4-8-15)14-16-9-5-2-6-10-16/h1-12H,13-14H2,(H2,21,23,24). The van der Waals surface area contributed by atoms with Crippen molar-refractivity contribution in [2.75, 3.05) is 0 Å². The lowest BCUT2D eigenvalue weighted by Crippen LogP contribution is -2.31. The zero-order valence-electron chi connectivity index (χ0n) is 13.6. The first-order valence-electron chi connectivity index (χ1n) is 7.92. The smallest absolute Gasteiger partial charge is 0.254 e. The van der Waals surface area contributed by atoms with Gasteiger partial charge in [-0.1, -0.05) is 60.7 Å². The van der Waals surface area contributed by atoms with Crippen LogP contribution in [0.4, 0.5) is 0 Å². The molecule has 126 valence electrons. The number of H-pyrrole nitrogens is 1. The number of aromatic amines is 1. The van der Waals surface area contributed by atoms with Crippen LogP contribution in [-0.2, 0) is 13.1 Å². The van der Waals surface area contributed by atoms with E-state index >= 15 is 0 Å². The molecule has 5 nitrogen and oxygen atoms in total. The zero-order chi connectivity index (χ0) is 17.6. The summed E-state index contributed by atoms with van der Waals surface area (Å²) < 4.78 is 0. The highest BCUT2D eigenvalue weighted by Crippen LogP contribution is 2.15. The lowest BCUT2D eigenvalue weighted by atomic mass is 10.1.